The minimum absolute atomic E-state index is 0.142. The molecule has 2 aromatic carbocycles. The van der Waals surface area contributed by atoms with Crippen LogP contribution in [0.3, 0.4) is 0 Å². The smallest absolute Gasteiger partial charge is 0.244 e. The number of halogens is 1. The number of unbranched alkanes of at least 4 members (excludes halogenated alkanes) is 1. The number of anilines is 1. The van der Waals surface area contributed by atoms with E-state index in [0.717, 1.165) is 40.1 Å². The molecule has 0 bridgehead atoms. The molecule has 0 saturated heterocycles. The van der Waals surface area contributed by atoms with E-state index < -0.39 is 28.5 Å². The maximum atomic E-state index is 13.5. The average molecular weight is 508 g/mol. The van der Waals surface area contributed by atoms with E-state index in [9.17, 15) is 18.0 Å². The molecular formula is C25H34ClN3O4S. The van der Waals surface area contributed by atoms with Crippen molar-refractivity contribution in [2.75, 3.05) is 23.7 Å². The molecule has 0 spiro atoms. The summed E-state index contributed by atoms with van der Waals surface area (Å²) in [5.74, 6) is -0.759. The van der Waals surface area contributed by atoms with E-state index in [-0.39, 0.29) is 12.5 Å². The SMILES string of the molecule is CCCCNC(=O)[C@@H](C)N(Cc1ccc(Cl)cc1)C(=O)CN(c1cc(C)cc(C)c1)S(C)(=O)=O. The second kappa shape index (κ2) is 12.2. The van der Waals surface area contributed by atoms with Gasteiger partial charge in [0.15, 0.2) is 0 Å². The summed E-state index contributed by atoms with van der Waals surface area (Å²) in [7, 11) is -3.75. The van der Waals surface area contributed by atoms with Crippen LogP contribution >= 0.6 is 11.6 Å². The molecule has 0 aliphatic heterocycles. The van der Waals surface area contributed by atoms with Crippen LogP contribution in [0.4, 0.5) is 5.69 Å². The largest absolute Gasteiger partial charge is 0.354 e. The fourth-order valence-corrected chi connectivity index (χ4v) is 4.57. The maximum absolute atomic E-state index is 13.5. The quantitative estimate of drug-likeness (QED) is 0.465. The van der Waals surface area contributed by atoms with E-state index in [1.54, 1.807) is 43.3 Å². The van der Waals surface area contributed by atoms with Crippen molar-refractivity contribution in [2.45, 2.75) is 53.1 Å². The monoisotopic (exact) mass is 507 g/mol. The fraction of sp³-hybridized carbons (Fsp3) is 0.440. The van der Waals surface area contributed by atoms with E-state index >= 15 is 0 Å². The Kier molecular flexibility index (Phi) is 9.94. The van der Waals surface area contributed by atoms with Crippen LogP contribution in [0, 0.1) is 13.8 Å². The van der Waals surface area contributed by atoms with Crippen LogP contribution in [-0.4, -0.2) is 50.5 Å². The molecule has 0 aliphatic rings. The van der Waals surface area contributed by atoms with E-state index in [0.29, 0.717) is 17.3 Å². The van der Waals surface area contributed by atoms with Crippen molar-refractivity contribution >= 4 is 39.1 Å². The Bertz CT molecular complexity index is 1080. The van der Waals surface area contributed by atoms with Crippen molar-refractivity contribution in [2.24, 2.45) is 0 Å². The van der Waals surface area contributed by atoms with Gasteiger partial charge in [0.1, 0.15) is 12.6 Å². The molecule has 1 atom stereocenters. The summed E-state index contributed by atoms with van der Waals surface area (Å²) >= 11 is 5.99. The molecule has 1 N–H and O–H groups in total. The highest BCUT2D eigenvalue weighted by Crippen LogP contribution is 2.22. The Morgan fingerprint density at radius 2 is 1.65 bits per heavy atom. The van der Waals surface area contributed by atoms with Crippen LogP contribution in [0.15, 0.2) is 42.5 Å². The normalized spacial score (nSPS) is 12.2. The summed E-state index contributed by atoms with van der Waals surface area (Å²) < 4.78 is 26.4. The highest BCUT2D eigenvalue weighted by atomic mass is 35.5. The lowest BCUT2D eigenvalue weighted by Crippen LogP contribution is -2.51. The third kappa shape index (κ3) is 8.02. The number of benzene rings is 2. The van der Waals surface area contributed by atoms with Crippen LogP contribution < -0.4 is 9.62 Å². The lowest BCUT2D eigenvalue weighted by atomic mass is 10.1. The summed E-state index contributed by atoms with van der Waals surface area (Å²) in [4.78, 5) is 27.7. The fourth-order valence-electron chi connectivity index (χ4n) is 3.61. The van der Waals surface area contributed by atoms with Crippen LogP contribution in [0.2, 0.25) is 5.02 Å². The molecule has 0 radical (unpaired) electrons. The van der Waals surface area contributed by atoms with Gasteiger partial charge in [-0.3, -0.25) is 13.9 Å². The number of hydrogen-bond donors (Lipinski definition) is 1. The zero-order chi connectivity index (χ0) is 25.5. The van der Waals surface area contributed by atoms with Crippen LogP contribution in [-0.2, 0) is 26.2 Å². The van der Waals surface area contributed by atoms with Crippen LogP contribution in [0.1, 0.15) is 43.4 Å². The van der Waals surface area contributed by atoms with E-state index in [1.807, 2.05) is 26.8 Å². The number of nitrogens with one attached hydrogen (secondary N) is 1. The molecule has 0 fully saturated rings. The third-order valence-electron chi connectivity index (χ3n) is 5.44. The Labute approximate surface area is 208 Å². The molecule has 0 heterocycles. The summed E-state index contributed by atoms with van der Waals surface area (Å²) in [6, 6.07) is 11.6. The molecule has 0 unspecified atom stereocenters. The van der Waals surface area contributed by atoms with Gasteiger partial charge in [-0.25, -0.2) is 8.42 Å². The molecule has 34 heavy (non-hydrogen) atoms. The highest BCUT2D eigenvalue weighted by molar-refractivity contribution is 7.92. The Morgan fingerprint density at radius 1 is 1.06 bits per heavy atom. The number of nitrogens with zero attached hydrogens (tertiary/aromatic N) is 2. The van der Waals surface area contributed by atoms with Gasteiger partial charge in [0.2, 0.25) is 21.8 Å². The summed E-state index contributed by atoms with van der Waals surface area (Å²) in [5.41, 5.74) is 2.97. The second-order valence-corrected chi connectivity index (χ2v) is 10.9. The lowest BCUT2D eigenvalue weighted by Gasteiger charge is -2.31. The number of amides is 2. The maximum Gasteiger partial charge on any atom is 0.244 e. The predicted octanol–water partition coefficient (Wildman–Crippen LogP) is 4.06. The zero-order valence-corrected chi connectivity index (χ0v) is 22.0. The molecule has 0 aromatic heterocycles. The summed E-state index contributed by atoms with van der Waals surface area (Å²) in [6.07, 6.45) is 2.84. The minimum atomic E-state index is -3.75. The van der Waals surface area contributed by atoms with Crippen molar-refractivity contribution in [1.82, 2.24) is 10.2 Å². The standard InChI is InChI=1S/C25H34ClN3O4S/c1-6-7-12-27-25(31)20(4)28(16-21-8-10-22(26)11-9-21)24(30)17-29(34(5,32)33)23-14-18(2)13-19(3)15-23/h8-11,13-15,20H,6-7,12,16-17H2,1-5H3,(H,27,31)/t20-/m1/s1. The number of sulfonamides is 1. The van der Waals surface area contributed by atoms with Gasteiger partial charge in [-0.2, -0.15) is 0 Å². The van der Waals surface area contributed by atoms with Crippen molar-refractivity contribution in [3.8, 4) is 0 Å². The second-order valence-electron chi connectivity index (χ2n) is 8.58. The van der Waals surface area contributed by atoms with Crippen molar-refractivity contribution in [1.29, 1.82) is 0 Å². The first-order chi connectivity index (χ1) is 15.9. The van der Waals surface area contributed by atoms with Gasteiger partial charge in [0, 0.05) is 18.1 Å². The minimum Gasteiger partial charge on any atom is -0.354 e. The van der Waals surface area contributed by atoms with Gasteiger partial charge in [0.25, 0.3) is 0 Å². The molecule has 2 amide bonds. The average Bonchev–Trinajstić information content (AvgIpc) is 2.75. The molecule has 9 heteroatoms. The number of carbonyl (C=O) groups is 2. The number of rotatable bonds is 11. The van der Waals surface area contributed by atoms with Crippen LogP contribution in [0.5, 0.6) is 0 Å². The van der Waals surface area contributed by atoms with Crippen molar-refractivity contribution < 1.29 is 18.0 Å². The van der Waals surface area contributed by atoms with Gasteiger partial charge >= 0.3 is 0 Å². The van der Waals surface area contributed by atoms with Gasteiger partial charge in [-0.05, 0) is 68.1 Å². The highest BCUT2D eigenvalue weighted by Gasteiger charge is 2.30. The molecule has 2 rings (SSSR count). The molecule has 2 aromatic rings. The number of hydrogen-bond acceptors (Lipinski definition) is 4. The third-order valence-corrected chi connectivity index (χ3v) is 6.83. The summed E-state index contributed by atoms with van der Waals surface area (Å²) in [5, 5.41) is 3.42. The Balaban J connectivity index is 2.37. The molecular weight excluding hydrogens is 474 g/mol. The molecule has 0 saturated carbocycles. The Hall–Kier alpha value is -2.58. The van der Waals surface area contributed by atoms with Crippen molar-refractivity contribution in [3.05, 3.63) is 64.2 Å². The lowest BCUT2D eigenvalue weighted by molar-refractivity contribution is -0.139. The van der Waals surface area contributed by atoms with E-state index in [2.05, 4.69) is 5.32 Å². The van der Waals surface area contributed by atoms with E-state index in [1.165, 1.54) is 4.90 Å². The topological polar surface area (TPSA) is 86.8 Å². The molecule has 186 valence electrons. The van der Waals surface area contributed by atoms with Gasteiger partial charge < -0.3 is 10.2 Å². The first-order valence-corrected chi connectivity index (χ1v) is 13.5. The predicted molar refractivity (Wildman–Crippen MR) is 137 cm³/mol. The Morgan fingerprint density at radius 3 is 2.18 bits per heavy atom. The van der Waals surface area contributed by atoms with Gasteiger partial charge in [-0.15, -0.1) is 0 Å². The number of carbonyl (C=O) groups excluding carboxylic acids is 2. The van der Waals surface area contributed by atoms with Crippen LogP contribution in [0.25, 0.3) is 0 Å². The van der Waals surface area contributed by atoms with Gasteiger partial charge in [-0.1, -0.05) is 43.1 Å². The summed E-state index contributed by atoms with van der Waals surface area (Å²) in [6.45, 7) is 7.66. The zero-order valence-electron chi connectivity index (χ0n) is 20.5. The first-order valence-electron chi connectivity index (χ1n) is 11.3. The first kappa shape index (κ1) is 27.7. The number of aryl methyl sites for hydroxylation is 2. The van der Waals surface area contributed by atoms with E-state index in [4.69, 9.17) is 11.6 Å². The van der Waals surface area contributed by atoms with Crippen molar-refractivity contribution in [3.63, 3.8) is 0 Å². The molecule has 0 aliphatic carbocycles. The van der Waals surface area contributed by atoms with Gasteiger partial charge in [0.05, 0.1) is 11.9 Å². The molecule has 7 nitrogen and oxygen atoms in total.